The van der Waals surface area contributed by atoms with Gasteiger partial charge in [0, 0.05) is 19.6 Å². The number of carbonyl (C=O) groups excluding carboxylic acids is 1. The van der Waals surface area contributed by atoms with Crippen molar-refractivity contribution < 1.29 is 9.90 Å². The maximum Gasteiger partial charge on any atom is 0.237 e. The van der Waals surface area contributed by atoms with E-state index in [9.17, 15) is 9.90 Å². The highest BCUT2D eigenvalue weighted by atomic mass is 16.3. The molecular weight excluding hydrogens is 216 g/mol. The third-order valence-corrected chi connectivity index (χ3v) is 3.60. The lowest BCUT2D eigenvalue weighted by Crippen LogP contribution is -2.52. The number of piperidine rings is 1. The molecule has 0 saturated carbocycles. The average Bonchev–Trinajstić information content (AvgIpc) is 2.35. The molecule has 0 radical (unpaired) electrons. The van der Waals surface area contributed by atoms with Crippen molar-refractivity contribution in [1.29, 1.82) is 0 Å². The average molecular weight is 240 g/mol. The first-order valence-electron chi connectivity index (χ1n) is 6.40. The normalized spacial score (nSPS) is 27.5. The maximum atomic E-state index is 11.8. The minimum atomic E-state index is -0.209. The highest BCUT2D eigenvalue weighted by Crippen LogP contribution is 2.21. The van der Waals surface area contributed by atoms with Gasteiger partial charge in [0.05, 0.1) is 12.1 Å². The Balaban J connectivity index is 2.49. The van der Waals surface area contributed by atoms with Gasteiger partial charge in [-0.3, -0.25) is 9.69 Å². The fourth-order valence-corrected chi connectivity index (χ4v) is 2.29. The van der Waals surface area contributed by atoms with Gasteiger partial charge < -0.3 is 10.4 Å². The van der Waals surface area contributed by atoms with Crippen LogP contribution < -0.4 is 5.32 Å². The van der Waals surface area contributed by atoms with Gasteiger partial charge in [-0.1, -0.05) is 13.0 Å². The Hall–Kier alpha value is -0.870. The van der Waals surface area contributed by atoms with Gasteiger partial charge in [-0.05, 0) is 25.7 Å². The van der Waals surface area contributed by atoms with Crippen molar-refractivity contribution in [3.63, 3.8) is 0 Å². The SMILES string of the molecule is C=CCNC(=O)C(C)N1CCC(O)C(CC)C1. The lowest BCUT2D eigenvalue weighted by molar-refractivity contribution is -0.127. The molecule has 4 heteroatoms. The predicted octanol–water partition coefficient (Wildman–Crippen LogP) is 0.770. The number of aliphatic hydroxyl groups excluding tert-OH is 1. The monoisotopic (exact) mass is 240 g/mol. The molecule has 3 unspecified atom stereocenters. The number of rotatable bonds is 5. The first-order chi connectivity index (χ1) is 8.10. The molecule has 0 aromatic rings. The Labute approximate surface area is 104 Å². The summed E-state index contributed by atoms with van der Waals surface area (Å²) in [7, 11) is 0. The molecule has 0 spiro atoms. The van der Waals surface area contributed by atoms with Gasteiger partial charge in [0.2, 0.25) is 5.91 Å². The molecule has 1 amide bonds. The molecule has 17 heavy (non-hydrogen) atoms. The van der Waals surface area contributed by atoms with Gasteiger partial charge in [0.25, 0.3) is 0 Å². The van der Waals surface area contributed by atoms with Gasteiger partial charge in [-0.15, -0.1) is 6.58 Å². The third-order valence-electron chi connectivity index (χ3n) is 3.60. The van der Waals surface area contributed by atoms with Crippen LogP contribution in [0.15, 0.2) is 12.7 Å². The number of likely N-dealkylation sites (tertiary alicyclic amines) is 1. The Morgan fingerprint density at radius 1 is 1.71 bits per heavy atom. The summed E-state index contributed by atoms with van der Waals surface area (Å²) in [6.45, 7) is 9.69. The molecule has 3 atom stereocenters. The second kappa shape index (κ2) is 6.77. The number of nitrogens with zero attached hydrogens (tertiary/aromatic N) is 1. The molecule has 0 aromatic heterocycles. The minimum Gasteiger partial charge on any atom is -0.393 e. The van der Waals surface area contributed by atoms with E-state index in [1.807, 2.05) is 6.92 Å². The third kappa shape index (κ3) is 3.82. The molecular formula is C13H24N2O2. The molecule has 1 aliphatic heterocycles. The Bertz CT molecular complexity index is 268. The van der Waals surface area contributed by atoms with Gasteiger partial charge in [0.15, 0.2) is 0 Å². The Kier molecular flexibility index (Phi) is 5.65. The van der Waals surface area contributed by atoms with Crippen LogP contribution in [0.1, 0.15) is 26.7 Å². The summed E-state index contributed by atoms with van der Waals surface area (Å²) in [4.78, 5) is 14.0. The van der Waals surface area contributed by atoms with Crippen LogP contribution in [0.4, 0.5) is 0 Å². The van der Waals surface area contributed by atoms with Crippen LogP contribution in [0.25, 0.3) is 0 Å². The van der Waals surface area contributed by atoms with E-state index in [2.05, 4.69) is 23.7 Å². The van der Waals surface area contributed by atoms with E-state index in [4.69, 9.17) is 0 Å². The molecule has 1 heterocycles. The molecule has 4 nitrogen and oxygen atoms in total. The topological polar surface area (TPSA) is 52.6 Å². The van der Waals surface area contributed by atoms with Crippen LogP contribution in [-0.2, 0) is 4.79 Å². The van der Waals surface area contributed by atoms with Crippen LogP contribution in [0.5, 0.6) is 0 Å². The first-order valence-corrected chi connectivity index (χ1v) is 6.40. The fourth-order valence-electron chi connectivity index (χ4n) is 2.29. The summed E-state index contributed by atoms with van der Waals surface area (Å²) in [5.74, 6) is 0.328. The van der Waals surface area contributed by atoms with Crippen molar-refractivity contribution in [2.24, 2.45) is 5.92 Å². The van der Waals surface area contributed by atoms with Gasteiger partial charge >= 0.3 is 0 Å². The Morgan fingerprint density at radius 3 is 3.00 bits per heavy atom. The van der Waals surface area contributed by atoms with Crippen molar-refractivity contribution in [2.75, 3.05) is 19.6 Å². The van der Waals surface area contributed by atoms with Crippen LogP contribution in [0, 0.1) is 5.92 Å². The maximum absolute atomic E-state index is 11.8. The quantitative estimate of drug-likeness (QED) is 0.698. The van der Waals surface area contributed by atoms with Crippen molar-refractivity contribution in [2.45, 2.75) is 38.8 Å². The zero-order valence-corrected chi connectivity index (χ0v) is 10.9. The van der Waals surface area contributed by atoms with Crippen LogP contribution in [0.2, 0.25) is 0 Å². The standard InChI is InChI=1S/C13H24N2O2/c1-4-7-14-13(17)10(3)15-8-6-12(16)11(5-2)9-15/h4,10-12,16H,1,5-9H2,2-3H3,(H,14,17). The lowest BCUT2D eigenvalue weighted by atomic mass is 9.91. The van der Waals surface area contributed by atoms with E-state index in [1.54, 1.807) is 6.08 Å². The lowest BCUT2D eigenvalue weighted by Gasteiger charge is -2.38. The van der Waals surface area contributed by atoms with Crippen molar-refractivity contribution in [3.05, 3.63) is 12.7 Å². The summed E-state index contributed by atoms with van der Waals surface area (Å²) >= 11 is 0. The Morgan fingerprint density at radius 2 is 2.41 bits per heavy atom. The van der Waals surface area contributed by atoms with E-state index in [0.717, 1.165) is 25.9 Å². The van der Waals surface area contributed by atoms with Gasteiger partial charge in [0.1, 0.15) is 0 Å². The van der Waals surface area contributed by atoms with Crippen molar-refractivity contribution >= 4 is 5.91 Å². The molecule has 1 fully saturated rings. The molecule has 0 bridgehead atoms. The molecule has 1 saturated heterocycles. The highest BCUT2D eigenvalue weighted by Gasteiger charge is 2.31. The summed E-state index contributed by atoms with van der Waals surface area (Å²) in [6.07, 6.45) is 3.19. The van der Waals surface area contributed by atoms with Crippen LogP contribution in [0.3, 0.4) is 0 Å². The molecule has 1 rings (SSSR count). The second-order valence-corrected chi connectivity index (χ2v) is 4.73. The summed E-state index contributed by atoms with van der Waals surface area (Å²) in [6, 6.07) is -0.128. The van der Waals surface area contributed by atoms with E-state index >= 15 is 0 Å². The number of nitrogens with one attached hydrogen (secondary N) is 1. The molecule has 2 N–H and O–H groups in total. The number of amides is 1. The molecule has 0 aromatic carbocycles. The van der Waals surface area contributed by atoms with E-state index in [1.165, 1.54) is 0 Å². The van der Waals surface area contributed by atoms with Crippen LogP contribution in [-0.4, -0.2) is 47.7 Å². The predicted molar refractivity (Wildman–Crippen MR) is 68.6 cm³/mol. The molecule has 1 aliphatic rings. The van der Waals surface area contributed by atoms with Gasteiger partial charge in [-0.2, -0.15) is 0 Å². The second-order valence-electron chi connectivity index (χ2n) is 4.73. The molecule has 0 aliphatic carbocycles. The molecule has 98 valence electrons. The summed E-state index contributed by atoms with van der Waals surface area (Å²) in [5, 5.41) is 12.6. The van der Waals surface area contributed by atoms with Crippen LogP contribution >= 0.6 is 0 Å². The number of aliphatic hydroxyl groups is 1. The highest BCUT2D eigenvalue weighted by molar-refractivity contribution is 5.81. The summed E-state index contributed by atoms with van der Waals surface area (Å²) < 4.78 is 0. The first kappa shape index (κ1) is 14.2. The number of carbonyl (C=O) groups is 1. The summed E-state index contributed by atoms with van der Waals surface area (Å²) in [5.41, 5.74) is 0. The van der Waals surface area contributed by atoms with E-state index < -0.39 is 0 Å². The van der Waals surface area contributed by atoms with Gasteiger partial charge in [-0.25, -0.2) is 0 Å². The van der Waals surface area contributed by atoms with E-state index in [0.29, 0.717) is 12.5 Å². The largest absolute Gasteiger partial charge is 0.393 e. The number of hydrogen-bond donors (Lipinski definition) is 2. The zero-order valence-electron chi connectivity index (χ0n) is 10.9. The van der Waals surface area contributed by atoms with Crippen molar-refractivity contribution in [1.82, 2.24) is 10.2 Å². The smallest absolute Gasteiger partial charge is 0.237 e. The zero-order chi connectivity index (χ0) is 12.8. The fraction of sp³-hybridized carbons (Fsp3) is 0.769. The van der Waals surface area contributed by atoms with Crippen molar-refractivity contribution in [3.8, 4) is 0 Å². The number of hydrogen-bond acceptors (Lipinski definition) is 3. The minimum absolute atomic E-state index is 0.0381. The van der Waals surface area contributed by atoms with E-state index in [-0.39, 0.29) is 18.1 Å².